The Labute approximate surface area is 120 Å². The predicted molar refractivity (Wildman–Crippen MR) is 75.8 cm³/mol. The lowest BCUT2D eigenvalue weighted by atomic mass is 10.4. The summed E-state index contributed by atoms with van der Waals surface area (Å²) in [6, 6.07) is 0.223. The molecule has 0 aliphatic heterocycles. The van der Waals surface area contributed by atoms with Gasteiger partial charge in [0.2, 0.25) is 10.0 Å². The molecule has 1 aromatic heterocycles. The molecule has 2 saturated carbocycles. The summed E-state index contributed by atoms with van der Waals surface area (Å²) in [4.78, 5) is 0.334. The first kappa shape index (κ1) is 14.0. The van der Waals surface area contributed by atoms with Crippen molar-refractivity contribution in [3.05, 3.63) is 12.4 Å². The highest BCUT2D eigenvalue weighted by Gasteiger charge is 2.41. The van der Waals surface area contributed by atoms with Crippen molar-refractivity contribution in [2.24, 2.45) is 5.92 Å². The monoisotopic (exact) mass is 298 g/mol. The highest BCUT2D eigenvalue weighted by atomic mass is 32.2. The molecule has 0 unspecified atom stereocenters. The lowest BCUT2D eigenvalue weighted by Crippen LogP contribution is -2.34. The smallest absolute Gasteiger partial charge is 0.246 e. The van der Waals surface area contributed by atoms with E-state index >= 15 is 0 Å². The molecule has 2 aliphatic carbocycles. The van der Waals surface area contributed by atoms with Crippen molar-refractivity contribution >= 4 is 10.0 Å². The van der Waals surface area contributed by atoms with Crippen LogP contribution in [-0.2, 0) is 16.6 Å². The van der Waals surface area contributed by atoms with Gasteiger partial charge in [-0.15, -0.1) is 0 Å². The zero-order valence-electron chi connectivity index (χ0n) is 11.8. The molecule has 0 saturated heterocycles. The summed E-state index contributed by atoms with van der Waals surface area (Å²) >= 11 is 0. The number of rotatable bonds is 8. The largest absolute Gasteiger partial charge is 0.318 e. The molecule has 1 aromatic rings. The van der Waals surface area contributed by atoms with Gasteiger partial charge in [-0.2, -0.15) is 9.40 Å². The van der Waals surface area contributed by atoms with E-state index in [1.807, 2.05) is 7.05 Å². The Balaban J connectivity index is 1.76. The van der Waals surface area contributed by atoms with Gasteiger partial charge in [-0.25, -0.2) is 8.42 Å². The molecule has 2 fully saturated rings. The van der Waals surface area contributed by atoms with Crippen molar-refractivity contribution in [2.45, 2.75) is 43.2 Å². The number of nitrogens with one attached hydrogen (secondary N) is 1. The molecule has 0 amide bonds. The van der Waals surface area contributed by atoms with Crippen LogP contribution in [0.5, 0.6) is 0 Å². The summed E-state index contributed by atoms with van der Waals surface area (Å²) < 4.78 is 28.8. The van der Waals surface area contributed by atoms with Crippen LogP contribution in [-0.4, -0.2) is 48.7 Å². The van der Waals surface area contributed by atoms with Crippen LogP contribution >= 0.6 is 0 Å². The molecule has 112 valence electrons. The fourth-order valence-electron chi connectivity index (χ4n) is 2.32. The van der Waals surface area contributed by atoms with Crippen LogP contribution in [0.4, 0.5) is 0 Å². The van der Waals surface area contributed by atoms with E-state index in [9.17, 15) is 8.42 Å². The van der Waals surface area contributed by atoms with E-state index in [2.05, 4.69) is 10.4 Å². The minimum atomic E-state index is -3.37. The Morgan fingerprint density at radius 3 is 2.75 bits per heavy atom. The maximum atomic E-state index is 12.7. The Morgan fingerprint density at radius 2 is 2.15 bits per heavy atom. The lowest BCUT2D eigenvalue weighted by Gasteiger charge is -2.20. The molecule has 0 aromatic carbocycles. The van der Waals surface area contributed by atoms with Crippen LogP contribution < -0.4 is 5.32 Å². The molecule has 1 heterocycles. The van der Waals surface area contributed by atoms with Crippen molar-refractivity contribution in [1.29, 1.82) is 0 Å². The van der Waals surface area contributed by atoms with E-state index < -0.39 is 10.0 Å². The normalized spacial score (nSPS) is 19.7. The molecule has 3 rings (SSSR count). The maximum absolute atomic E-state index is 12.7. The van der Waals surface area contributed by atoms with E-state index in [-0.39, 0.29) is 6.04 Å². The van der Waals surface area contributed by atoms with Crippen molar-refractivity contribution in [3.8, 4) is 0 Å². The minimum absolute atomic E-state index is 0.223. The Hall–Kier alpha value is -0.920. The molecule has 6 nitrogen and oxygen atoms in total. The Bertz CT molecular complexity index is 561. The van der Waals surface area contributed by atoms with Gasteiger partial charge in [-0.05, 0) is 38.6 Å². The van der Waals surface area contributed by atoms with Crippen LogP contribution in [0.1, 0.15) is 25.7 Å². The number of sulfonamides is 1. The predicted octanol–water partition coefficient (Wildman–Crippen LogP) is 0.666. The van der Waals surface area contributed by atoms with Crippen molar-refractivity contribution < 1.29 is 8.42 Å². The first-order valence-corrected chi connectivity index (χ1v) is 8.74. The summed E-state index contributed by atoms with van der Waals surface area (Å²) in [5, 5.41) is 7.18. The molecule has 7 heteroatoms. The first-order valence-electron chi connectivity index (χ1n) is 7.30. The molecule has 2 aliphatic rings. The average molecular weight is 298 g/mol. The standard InChI is InChI=1S/C13H22N4O2S/c1-14-6-7-16-10-13(8-15-16)20(18,19)17(12-4-5-12)9-11-2-3-11/h8,10-12,14H,2-7,9H2,1H3. The summed E-state index contributed by atoms with van der Waals surface area (Å²) in [5.41, 5.74) is 0. The fourth-order valence-corrected chi connectivity index (χ4v) is 4.04. The summed E-state index contributed by atoms with van der Waals surface area (Å²) in [6.07, 6.45) is 7.46. The second kappa shape index (κ2) is 5.46. The molecule has 0 atom stereocenters. The molecule has 1 N–H and O–H groups in total. The van der Waals surface area contributed by atoms with Crippen molar-refractivity contribution in [3.63, 3.8) is 0 Å². The van der Waals surface area contributed by atoms with Crippen molar-refractivity contribution in [2.75, 3.05) is 20.1 Å². The van der Waals surface area contributed by atoms with Gasteiger partial charge < -0.3 is 5.32 Å². The van der Waals surface area contributed by atoms with E-state index in [0.717, 1.165) is 19.4 Å². The van der Waals surface area contributed by atoms with E-state index in [4.69, 9.17) is 0 Å². The highest BCUT2D eigenvalue weighted by Crippen LogP contribution is 2.37. The van der Waals surface area contributed by atoms with E-state index in [1.54, 1.807) is 15.2 Å². The molecular weight excluding hydrogens is 276 g/mol. The van der Waals surface area contributed by atoms with Gasteiger partial charge in [0.15, 0.2) is 0 Å². The third kappa shape index (κ3) is 3.05. The Morgan fingerprint density at radius 1 is 1.40 bits per heavy atom. The third-order valence-electron chi connectivity index (χ3n) is 3.90. The molecule has 20 heavy (non-hydrogen) atoms. The van der Waals surface area contributed by atoms with Crippen LogP contribution in [0, 0.1) is 5.92 Å². The summed E-state index contributed by atoms with van der Waals surface area (Å²) in [5.74, 6) is 0.574. The highest BCUT2D eigenvalue weighted by molar-refractivity contribution is 7.89. The molecule has 0 radical (unpaired) electrons. The van der Waals surface area contributed by atoms with Gasteiger partial charge in [-0.3, -0.25) is 4.68 Å². The number of aromatic nitrogens is 2. The fraction of sp³-hybridized carbons (Fsp3) is 0.769. The van der Waals surface area contributed by atoms with Gasteiger partial charge >= 0.3 is 0 Å². The minimum Gasteiger partial charge on any atom is -0.318 e. The maximum Gasteiger partial charge on any atom is 0.246 e. The summed E-state index contributed by atoms with van der Waals surface area (Å²) in [6.45, 7) is 2.14. The zero-order chi connectivity index (χ0) is 14.2. The molecule has 0 bridgehead atoms. The van der Waals surface area contributed by atoms with Gasteiger partial charge in [0.05, 0.1) is 12.7 Å². The molecular formula is C13H22N4O2S. The van der Waals surface area contributed by atoms with Crippen molar-refractivity contribution in [1.82, 2.24) is 19.4 Å². The van der Waals surface area contributed by atoms with E-state index in [1.165, 1.54) is 19.0 Å². The number of nitrogens with zero attached hydrogens (tertiary/aromatic N) is 3. The third-order valence-corrected chi connectivity index (χ3v) is 5.77. The first-order chi connectivity index (χ1) is 9.61. The van der Waals surface area contributed by atoms with E-state index in [0.29, 0.717) is 23.9 Å². The second-order valence-electron chi connectivity index (χ2n) is 5.79. The summed E-state index contributed by atoms with van der Waals surface area (Å²) in [7, 11) is -1.50. The number of hydrogen-bond donors (Lipinski definition) is 1. The zero-order valence-corrected chi connectivity index (χ0v) is 12.6. The van der Waals surface area contributed by atoms with Gasteiger partial charge in [0.25, 0.3) is 0 Å². The van der Waals surface area contributed by atoms with Gasteiger partial charge in [-0.1, -0.05) is 0 Å². The SMILES string of the molecule is CNCCn1cc(S(=O)(=O)N(CC2CC2)C2CC2)cn1. The lowest BCUT2D eigenvalue weighted by molar-refractivity contribution is 0.388. The van der Waals surface area contributed by atoms with Crippen LogP contribution in [0.2, 0.25) is 0 Å². The van der Waals surface area contributed by atoms with Gasteiger partial charge in [0, 0.05) is 25.3 Å². The average Bonchev–Trinajstić information content (AvgIpc) is 3.32. The second-order valence-corrected chi connectivity index (χ2v) is 7.68. The van der Waals surface area contributed by atoms with Crippen LogP contribution in [0.15, 0.2) is 17.3 Å². The van der Waals surface area contributed by atoms with Crippen LogP contribution in [0.25, 0.3) is 0 Å². The number of likely N-dealkylation sites (N-methyl/N-ethyl adjacent to an activating group) is 1. The Kier molecular flexibility index (Phi) is 3.83. The van der Waals surface area contributed by atoms with Crippen LogP contribution in [0.3, 0.4) is 0 Å². The van der Waals surface area contributed by atoms with Gasteiger partial charge in [0.1, 0.15) is 4.90 Å². The number of hydrogen-bond acceptors (Lipinski definition) is 4. The molecule has 0 spiro atoms. The quantitative estimate of drug-likeness (QED) is 0.766. The topological polar surface area (TPSA) is 67.2 Å².